The van der Waals surface area contributed by atoms with Crippen molar-refractivity contribution in [2.75, 3.05) is 20.3 Å². The van der Waals surface area contributed by atoms with Gasteiger partial charge >= 0.3 is 5.97 Å². The highest BCUT2D eigenvalue weighted by molar-refractivity contribution is 5.67. The molecule has 70 valence electrons. The van der Waals surface area contributed by atoms with Crippen LogP contribution in [0.4, 0.5) is 0 Å². The average molecular weight is 174 g/mol. The zero-order chi connectivity index (χ0) is 8.97. The summed E-state index contributed by atoms with van der Waals surface area (Å²) in [5.74, 6) is -0.648. The Balaban J connectivity index is 2.41. The molecule has 1 fully saturated rings. The number of rotatable bonds is 3. The van der Waals surface area contributed by atoms with Crippen LogP contribution in [-0.4, -0.2) is 37.5 Å². The molecule has 4 heteroatoms. The van der Waals surface area contributed by atoms with Gasteiger partial charge in [-0.3, -0.25) is 4.79 Å². The number of aliphatic carboxylic acids is 1. The van der Waals surface area contributed by atoms with E-state index in [0.717, 1.165) is 6.42 Å². The largest absolute Gasteiger partial charge is 0.481 e. The van der Waals surface area contributed by atoms with Gasteiger partial charge < -0.3 is 14.6 Å². The third-order valence-electron chi connectivity index (χ3n) is 2.18. The second-order valence-electron chi connectivity index (χ2n) is 3.00. The van der Waals surface area contributed by atoms with Gasteiger partial charge in [-0.15, -0.1) is 0 Å². The monoisotopic (exact) mass is 174 g/mol. The summed E-state index contributed by atoms with van der Waals surface area (Å²) in [7, 11) is 1.59. The Bertz CT molecular complexity index is 157. The molecule has 1 aliphatic rings. The Labute approximate surface area is 71.5 Å². The van der Waals surface area contributed by atoms with E-state index in [1.165, 1.54) is 0 Å². The molecule has 0 radical (unpaired) electrons. The molecule has 0 spiro atoms. The molecule has 0 aromatic rings. The summed E-state index contributed by atoms with van der Waals surface area (Å²) < 4.78 is 10.3. The minimum atomic E-state index is -0.760. The molecule has 2 atom stereocenters. The van der Waals surface area contributed by atoms with Crippen molar-refractivity contribution in [2.24, 2.45) is 5.92 Å². The lowest BCUT2D eigenvalue weighted by atomic mass is 9.94. The van der Waals surface area contributed by atoms with Crippen molar-refractivity contribution in [1.29, 1.82) is 0 Å². The fourth-order valence-electron chi connectivity index (χ4n) is 1.47. The molecule has 0 bridgehead atoms. The number of methoxy groups -OCH3 is 1. The topological polar surface area (TPSA) is 55.8 Å². The first-order valence-electron chi connectivity index (χ1n) is 4.06. The number of hydrogen-bond donors (Lipinski definition) is 1. The SMILES string of the molecule is CO[C@@H]1COCC[C@H]1CC(=O)O. The summed E-state index contributed by atoms with van der Waals surface area (Å²) in [4.78, 5) is 10.4. The van der Waals surface area contributed by atoms with Crippen LogP contribution < -0.4 is 0 Å². The van der Waals surface area contributed by atoms with Crippen molar-refractivity contribution in [3.63, 3.8) is 0 Å². The quantitative estimate of drug-likeness (QED) is 0.677. The Kier molecular flexibility index (Phi) is 3.49. The number of hydrogen-bond acceptors (Lipinski definition) is 3. The molecule has 1 saturated heterocycles. The van der Waals surface area contributed by atoms with Crippen molar-refractivity contribution in [3.8, 4) is 0 Å². The fourth-order valence-corrected chi connectivity index (χ4v) is 1.47. The molecule has 12 heavy (non-hydrogen) atoms. The standard InChI is InChI=1S/C8H14O4/c1-11-7-5-12-3-2-6(7)4-8(9)10/h6-7H,2-5H2,1H3,(H,9,10)/t6-,7+/m0/s1. The lowest BCUT2D eigenvalue weighted by Crippen LogP contribution is -2.35. The second kappa shape index (κ2) is 4.42. The number of carbonyl (C=O) groups is 1. The van der Waals surface area contributed by atoms with Gasteiger partial charge in [0.2, 0.25) is 0 Å². The highest BCUT2D eigenvalue weighted by Crippen LogP contribution is 2.21. The van der Waals surface area contributed by atoms with Gasteiger partial charge in [0.25, 0.3) is 0 Å². The predicted molar refractivity (Wildman–Crippen MR) is 42.0 cm³/mol. The predicted octanol–water partition coefficient (Wildman–Crippen LogP) is 0.513. The highest BCUT2D eigenvalue weighted by Gasteiger charge is 2.27. The number of carboxylic acids is 1. The van der Waals surface area contributed by atoms with Crippen LogP contribution in [-0.2, 0) is 14.3 Å². The van der Waals surface area contributed by atoms with Gasteiger partial charge in [-0.1, -0.05) is 0 Å². The molecule has 1 aliphatic heterocycles. The summed E-state index contributed by atoms with van der Waals surface area (Å²) in [5.41, 5.74) is 0. The van der Waals surface area contributed by atoms with Crippen molar-refractivity contribution >= 4 is 5.97 Å². The molecule has 0 unspecified atom stereocenters. The van der Waals surface area contributed by atoms with Crippen LogP contribution in [0.2, 0.25) is 0 Å². The van der Waals surface area contributed by atoms with E-state index in [0.29, 0.717) is 13.2 Å². The molecule has 4 nitrogen and oxygen atoms in total. The van der Waals surface area contributed by atoms with Crippen LogP contribution in [0.15, 0.2) is 0 Å². The first-order valence-corrected chi connectivity index (χ1v) is 4.06. The van der Waals surface area contributed by atoms with Crippen LogP contribution in [0.3, 0.4) is 0 Å². The van der Waals surface area contributed by atoms with Gasteiger partial charge in [0.1, 0.15) is 0 Å². The molecule has 0 aromatic carbocycles. The van der Waals surface area contributed by atoms with Crippen molar-refractivity contribution < 1.29 is 19.4 Å². The maximum atomic E-state index is 10.4. The molecular formula is C8H14O4. The molecule has 0 aliphatic carbocycles. The summed E-state index contributed by atoms with van der Waals surface area (Å²) in [6, 6.07) is 0. The van der Waals surface area contributed by atoms with Crippen LogP contribution in [0.1, 0.15) is 12.8 Å². The van der Waals surface area contributed by atoms with E-state index in [4.69, 9.17) is 14.6 Å². The van der Waals surface area contributed by atoms with Crippen molar-refractivity contribution in [1.82, 2.24) is 0 Å². The summed E-state index contributed by atoms with van der Waals surface area (Å²) in [5, 5.41) is 8.58. The Morgan fingerprint density at radius 3 is 3.08 bits per heavy atom. The second-order valence-corrected chi connectivity index (χ2v) is 3.00. The van der Waals surface area contributed by atoms with Crippen LogP contribution in [0.5, 0.6) is 0 Å². The first-order chi connectivity index (χ1) is 5.74. The molecule has 1 N–H and O–H groups in total. The maximum absolute atomic E-state index is 10.4. The average Bonchev–Trinajstić information content (AvgIpc) is 2.04. The summed E-state index contributed by atoms with van der Waals surface area (Å²) in [6.45, 7) is 1.17. The zero-order valence-corrected chi connectivity index (χ0v) is 7.16. The fraction of sp³-hybridized carbons (Fsp3) is 0.875. The summed E-state index contributed by atoms with van der Waals surface area (Å²) >= 11 is 0. The molecular weight excluding hydrogens is 160 g/mol. The van der Waals surface area contributed by atoms with Gasteiger partial charge in [0.15, 0.2) is 0 Å². The van der Waals surface area contributed by atoms with E-state index in [1.807, 2.05) is 0 Å². The molecule has 1 rings (SSSR count). The Morgan fingerprint density at radius 2 is 2.50 bits per heavy atom. The number of ether oxygens (including phenoxy) is 2. The van der Waals surface area contributed by atoms with Crippen LogP contribution in [0, 0.1) is 5.92 Å². The van der Waals surface area contributed by atoms with Gasteiger partial charge in [-0.2, -0.15) is 0 Å². The van der Waals surface area contributed by atoms with E-state index in [2.05, 4.69) is 0 Å². The van der Waals surface area contributed by atoms with Crippen molar-refractivity contribution in [2.45, 2.75) is 18.9 Å². The van der Waals surface area contributed by atoms with Crippen molar-refractivity contribution in [3.05, 3.63) is 0 Å². The van der Waals surface area contributed by atoms with Gasteiger partial charge in [0, 0.05) is 13.7 Å². The normalized spacial score (nSPS) is 30.1. The van der Waals surface area contributed by atoms with Crippen LogP contribution in [0.25, 0.3) is 0 Å². The minimum Gasteiger partial charge on any atom is -0.481 e. The lowest BCUT2D eigenvalue weighted by Gasteiger charge is -2.29. The zero-order valence-electron chi connectivity index (χ0n) is 7.16. The third-order valence-corrected chi connectivity index (χ3v) is 2.18. The summed E-state index contributed by atoms with van der Waals surface area (Å²) in [6.07, 6.45) is 0.919. The minimum absolute atomic E-state index is 0.0464. The van der Waals surface area contributed by atoms with Gasteiger partial charge in [-0.25, -0.2) is 0 Å². The Hall–Kier alpha value is -0.610. The van der Waals surface area contributed by atoms with Gasteiger partial charge in [0.05, 0.1) is 19.1 Å². The molecule has 1 heterocycles. The van der Waals surface area contributed by atoms with Crippen LogP contribution >= 0.6 is 0 Å². The van der Waals surface area contributed by atoms with E-state index in [1.54, 1.807) is 7.11 Å². The highest BCUT2D eigenvalue weighted by atomic mass is 16.5. The molecule has 0 aromatic heterocycles. The lowest BCUT2D eigenvalue weighted by molar-refractivity contribution is -0.142. The number of carboxylic acid groups (broad SMARTS) is 1. The first kappa shape index (κ1) is 9.48. The third kappa shape index (κ3) is 2.46. The molecule has 0 amide bonds. The Morgan fingerprint density at radius 1 is 1.75 bits per heavy atom. The van der Waals surface area contributed by atoms with E-state index < -0.39 is 5.97 Å². The maximum Gasteiger partial charge on any atom is 0.303 e. The smallest absolute Gasteiger partial charge is 0.303 e. The van der Waals surface area contributed by atoms with E-state index in [-0.39, 0.29) is 18.4 Å². The molecule has 0 saturated carbocycles. The van der Waals surface area contributed by atoms with E-state index in [9.17, 15) is 4.79 Å². The van der Waals surface area contributed by atoms with E-state index >= 15 is 0 Å². The van der Waals surface area contributed by atoms with Gasteiger partial charge in [-0.05, 0) is 12.3 Å².